The monoisotopic (exact) mass is 624 g/mol. The minimum atomic E-state index is -0.478. The Balaban J connectivity index is 1.22. The van der Waals surface area contributed by atoms with Crippen molar-refractivity contribution in [2.24, 2.45) is 0 Å². The van der Waals surface area contributed by atoms with E-state index in [1.165, 1.54) is 12.1 Å². The SMILES string of the molecule is Nc1nccn2c(C3CC(O)C3)nc(-c3ccc(Oc4cc(F)cc(OCc5cnc(I)nc5)c4)cc3)c12. The van der Waals surface area contributed by atoms with Crippen molar-refractivity contribution in [3.8, 4) is 28.5 Å². The Hall–Kier alpha value is -3.84. The summed E-state index contributed by atoms with van der Waals surface area (Å²) in [6.45, 7) is 0.201. The predicted molar refractivity (Wildman–Crippen MR) is 146 cm³/mol. The molecule has 0 radical (unpaired) electrons. The normalized spacial score (nSPS) is 16.8. The van der Waals surface area contributed by atoms with Gasteiger partial charge in [-0.1, -0.05) is 0 Å². The first kappa shape index (κ1) is 24.5. The summed E-state index contributed by atoms with van der Waals surface area (Å²) >= 11 is 2.02. The summed E-state index contributed by atoms with van der Waals surface area (Å²) < 4.78 is 28.5. The third kappa shape index (κ3) is 4.98. The first-order valence-electron chi connectivity index (χ1n) is 11.9. The van der Waals surface area contributed by atoms with Gasteiger partial charge in [0.05, 0.1) is 6.10 Å². The highest BCUT2D eigenvalue weighted by Crippen LogP contribution is 2.39. The van der Waals surface area contributed by atoms with Crippen molar-refractivity contribution in [3.63, 3.8) is 0 Å². The molecular formula is C27H22FIN6O3. The second-order valence-corrected chi connectivity index (χ2v) is 10.0. The van der Waals surface area contributed by atoms with Crippen LogP contribution in [-0.4, -0.2) is 35.5 Å². The van der Waals surface area contributed by atoms with Gasteiger partial charge in [0.2, 0.25) is 0 Å². The fourth-order valence-electron chi connectivity index (χ4n) is 4.45. The van der Waals surface area contributed by atoms with Crippen LogP contribution in [0.3, 0.4) is 0 Å². The molecule has 1 aliphatic carbocycles. The highest BCUT2D eigenvalue weighted by atomic mass is 127. The van der Waals surface area contributed by atoms with Crippen molar-refractivity contribution in [1.29, 1.82) is 0 Å². The van der Waals surface area contributed by atoms with E-state index in [-0.39, 0.29) is 18.6 Å². The standard InChI is InChI=1S/C27H22FIN6O3/c28-18-9-21(37-14-15-12-32-27(29)33-13-15)11-22(10-18)38-20-3-1-16(2-4-20)23-24-25(30)31-5-6-35(24)26(34-23)17-7-19(36)8-17/h1-6,9-13,17,19,36H,7-8,14H2,(H2,30,31). The van der Waals surface area contributed by atoms with Crippen LogP contribution in [0.5, 0.6) is 17.2 Å². The van der Waals surface area contributed by atoms with Crippen LogP contribution in [-0.2, 0) is 6.61 Å². The molecule has 0 amide bonds. The molecule has 6 rings (SSSR count). The molecule has 0 saturated heterocycles. The topological polar surface area (TPSA) is 121 Å². The average Bonchev–Trinajstić information content (AvgIpc) is 3.27. The van der Waals surface area contributed by atoms with Crippen LogP contribution in [0.1, 0.15) is 30.1 Å². The molecule has 9 nitrogen and oxygen atoms in total. The number of halogens is 2. The maximum Gasteiger partial charge on any atom is 0.190 e. The number of anilines is 1. The van der Waals surface area contributed by atoms with Crippen LogP contribution >= 0.6 is 22.6 Å². The lowest BCUT2D eigenvalue weighted by molar-refractivity contribution is 0.0715. The predicted octanol–water partition coefficient (Wildman–Crippen LogP) is 5.12. The van der Waals surface area contributed by atoms with Gasteiger partial charge in [-0.05, 0) is 37.1 Å². The molecule has 3 heterocycles. The highest BCUT2D eigenvalue weighted by Gasteiger charge is 2.33. The van der Waals surface area contributed by atoms with Crippen molar-refractivity contribution < 1.29 is 19.0 Å². The van der Waals surface area contributed by atoms with Gasteiger partial charge in [0, 0.05) is 82.6 Å². The Morgan fingerprint density at radius 3 is 2.50 bits per heavy atom. The first-order valence-corrected chi connectivity index (χ1v) is 13.0. The molecule has 0 bridgehead atoms. The van der Waals surface area contributed by atoms with E-state index in [2.05, 4.69) is 15.0 Å². The first-order chi connectivity index (χ1) is 18.4. The Morgan fingerprint density at radius 1 is 1.03 bits per heavy atom. The fraction of sp³-hybridized carbons (Fsp3) is 0.185. The molecule has 2 aromatic carbocycles. The van der Waals surface area contributed by atoms with Crippen LogP contribution in [0.25, 0.3) is 16.8 Å². The molecular weight excluding hydrogens is 602 g/mol. The van der Waals surface area contributed by atoms with Crippen molar-refractivity contribution in [2.75, 3.05) is 5.73 Å². The summed E-state index contributed by atoms with van der Waals surface area (Å²) in [5.74, 6) is 2.08. The van der Waals surface area contributed by atoms with Crippen LogP contribution < -0.4 is 15.2 Å². The summed E-state index contributed by atoms with van der Waals surface area (Å²) in [6.07, 6.45) is 7.87. The van der Waals surface area contributed by atoms with Crippen LogP contribution in [0.4, 0.5) is 10.2 Å². The third-order valence-electron chi connectivity index (χ3n) is 6.38. The zero-order valence-electron chi connectivity index (χ0n) is 20.0. The molecule has 3 N–H and O–H groups in total. The lowest BCUT2D eigenvalue weighted by Crippen LogP contribution is -2.27. The Morgan fingerprint density at radius 2 is 1.76 bits per heavy atom. The molecule has 0 unspecified atom stereocenters. The number of ether oxygens (including phenoxy) is 2. The van der Waals surface area contributed by atoms with Gasteiger partial charge in [-0.2, -0.15) is 0 Å². The third-order valence-corrected chi connectivity index (χ3v) is 6.93. The second kappa shape index (κ2) is 10.1. The number of nitrogens with two attached hydrogens (primary N) is 1. The number of aliphatic hydroxyl groups excluding tert-OH is 1. The number of hydrogen-bond donors (Lipinski definition) is 2. The van der Waals surface area contributed by atoms with Gasteiger partial charge in [-0.25, -0.2) is 24.3 Å². The minimum Gasteiger partial charge on any atom is -0.489 e. The van der Waals surface area contributed by atoms with E-state index in [0.29, 0.717) is 45.4 Å². The molecule has 1 aliphatic rings. The number of nitrogens with zero attached hydrogens (tertiary/aromatic N) is 5. The molecule has 3 aromatic heterocycles. The summed E-state index contributed by atoms with van der Waals surface area (Å²) in [4.78, 5) is 17.4. The van der Waals surface area contributed by atoms with E-state index in [9.17, 15) is 9.50 Å². The number of imidazole rings is 1. The van der Waals surface area contributed by atoms with Crippen molar-refractivity contribution in [1.82, 2.24) is 24.3 Å². The lowest BCUT2D eigenvalue weighted by Gasteiger charge is -2.30. The summed E-state index contributed by atoms with van der Waals surface area (Å²) in [7, 11) is 0. The molecule has 1 saturated carbocycles. The average molecular weight is 624 g/mol. The van der Waals surface area contributed by atoms with E-state index in [4.69, 9.17) is 20.2 Å². The Labute approximate surface area is 230 Å². The minimum absolute atomic E-state index is 0.165. The Kier molecular flexibility index (Phi) is 6.54. The zero-order valence-corrected chi connectivity index (χ0v) is 22.1. The van der Waals surface area contributed by atoms with E-state index in [1.807, 2.05) is 45.3 Å². The van der Waals surface area contributed by atoms with Gasteiger partial charge in [-0.3, -0.25) is 4.40 Å². The van der Waals surface area contributed by atoms with Gasteiger partial charge in [0.15, 0.2) is 3.83 Å². The van der Waals surface area contributed by atoms with E-state index in [1.54, 1.807) is 36.8 Å². The molecule has 5 aromatic rings. The summed E-state index contributed by atoms with van der Waals surface area (Å²) in [6, 6.07) is 11.5. The van der Waals surface area contributed by atoms with E-state index in [0.717, 1.165) is 22.5 Å². The van der Waals surface area contributed by atoms with Crippen LogP contribution in [0, 0.1) is 9.65 Å². The Bertz CT molecular complexity index is 1600. The highest BCUT2D eigenvalue weighted by molar-refractivity contribution is 14.1. The summed E-state index contributed by atoms with van der Waals surface area (Å²) in [5, 5.41) is 9.78. The van der Waals surface area contributed by atoms with Crippen molar-refractivity contribution >= 4 is 33.9 Å². The van der Waals surface area contributed by atoms with Crippen LogP contribution in [0.2, 0.25) is 0 Å². The number of hydrogen-bond acceptors (Lipinski definition) is 8. The van der Waals surface area contributed by atoms with Crippen molar-refractivity contribution in [3.05, 3.63) is 88.3 Å². The smallest absolute Gasteiger partial charge is 0.190 e. The molecule has 0 spiro atoms. The van der Waals surface area contributed by atoms with E-state index < -0.39 is 5.82 Å². The molecule has 11 heteroatoms. The largest absolute Gasteiger partial charge is 0.489 e. The number of nitrogen functional groups attached to an aromatic ring is 1. The fourth-order valence-corrected chi connectivity index (χ4v) is 4.73. The quantitative estimate of drug-likeness (QED) is 0.189. The lowest BCUT2D eigenvalue weighted by atomic mass is 9.82. The van der Waals surface area contributed by atoms with Gasteiger partial charge in [0.25, 0.3) is 0 Å². The number of rotatable bonds is 7. The molecule has 192 valence electrons. The maximum atomic E-state index is 14.3. The second-order valence-electron chi connectivity index (χ2n) is 9.07. The van der Waals surface area contributed by atoms with Crippen molar-refractivity contribution in [2.45, 2.75) is 31.5 Å². The molecule has 0 aliphatic heterocycles. The van der Waals surface area contributed by atoms with Gasteiger partial charge in [-0.15, -0.1) is 0 Å². The molecule has 1 fully saturated rings. The molecule has 0 atom stereocenters. The van der Waals surface area contributed by atoms with Gasteiger partial charge >= 0.3 is 0 Å². The van der Waals surface area contributed by atoms with Gasteiger partial charge < -0.3 is 20.3 Å². The maximum absolute atomic E-state index is 14.3. The van der Waals surface area contributed by atoms with Gasteiger partial charge in [0.1, 0.15) is 52.5 Å². The number of benzene rings is 2. The summed E-state index contributed by atoms with van der Waals surface area (Å²) in [5.41, 5.74) is 9.26. The molecule has 38 heavy (non-hydrogen) atoms. The number of aromatic nitrogens is 5. The van der Waals surface area contributed by atoms with E-state index >= 15 is 0 Å². The van der Waals surface area contributed by atoms with Crippen LogP contribution in [0.15, 0.2) is 67.3 Å². The number of fused-ring (bicyclic) bond motifs is 1. The number of aliphatic hydroxyl groups is 1. The zero-order chi connectivity index (χ0) is 26.2.